The molecular weight excluding hydrogens is 461 g/mol. The fourth-order valence-electron chi connectivity index (χ4n) is 3.30. The number of benzene rings is 2. The van der Waals surface area contributed by atoms with Gasteiger partial charge >= 0.3 is 5.97 Å². The van der Waals surface area contributed by atoms with E-state index in [-0.39, 0.29) is 22.3 Å². The van der Waals surface area contributed by atoms with Gasteiger partial charge in [-0.3, -0.25) is 24.5 Å². The highest BCUT2D eigenvalue weighted by atomic mass is 35.5. The molecule has 3 rings (SSSR count). The Labute approximate surface area is 193 Å². The number of nitrogens with one attached hydrogen (secondary N) is 1. The van der Waals surface area contributed by atoms with Crippen molar-refractivity contribution in [2.75, 3.05) is 25.0 Å². The van der Waals surface area contributed by atoms with E-state index in [1.165, 1.54) is 12.1 Å². The van der Waals surface area contributed by atoms with E-state index >= 15 is 0 Å². The molecule has 2 aromatic carbocycles. The van der Waals surface area contributed by atoms with Crippen molar-refractivity contribution in [2.24, 2.45) is 5.92 Å². The first-order valence-corrected chi connectivity index (χ1v) is 10.5. The molecule has 1 fully saturated rings. The molecule has 0 saturated carbocycles. The van der Waals surface area contributed by atoms with Gasteiger partial charge < -0.3 is 15.0 Å². The predicted octanol–water partition coefficient (Wildman–Crippen LogP) is 3.94. The lowest BCUT2D eigenvalue weighted by Crippen LogP contribution is -2.41. The number of nitrogens with zero attached hydrogens (tertiary/aromatic N) is 2. The lowest BCUT2D eigenvalue weighted by Gasteiger charge is -2.31. The number of carbonyl (C=O) groups is 3. The Balaban J connectivity index is 1.47. The van der Waals surface area contributed by atoms with Crippen LogP contribution in [0.3, 0.4) is 0 Å². The zero-order chi connectivity index (χ0) is 23.3. The van der Waals surface area contributed by atoms with Crippen LogP contribution in [0.5, 0.6) is 0 Å². The largest absolute Gasteiger partial charge is 0.455 e. The van der Waals surface area contributed by atoms with Crippen LogP contribution >= 0.6 is 23.2 Å². The van der Waals surface area contributed by atoms with Crippen LogP contribution < -0.4 is 5.32 Å². The van der Waals surface area contributed by atoms with Gasteiger partial charge in [-0.25, -0.2) is 0 Å². The third-order valence-corrected chi connectivity index (χ3v) is 5.47. The standard InChI is InChI=1S/C21H19Cl2N3O6/c22-15-3-1-13(2-4-15)20(28)25-9-7-14(8-10-25)21(29)32-12-19(27)24-17-6-5-16(23)11-18(17)26(30)31/h1-6,11,14H,7-10,12H2,(H,24,27). The summed E-state index contributed by atoms with van der Waals surface area (Å²) in [7, 11) is 0. The van der Waals surface area contributed by atoms with Crippen LogP contribution in [-0.2, 0) is 14.3 Å². The van der Waals surface area contributed by atoms with Gasteiger partial charge in [0.15, 0.2) is 6.61 Å². The Kier molecular flexibility index (Phi) is 7.66. The molecule has 0 aromatic heterocycles. The van der Waals surface area contributed by atoms with E-state index in [4.69, 9.17) is 27.9 Å². The van der Waals surface area contributed by atoms with Crippen molar-refractivity contribution in [3.8, 4) is 0 Å². The number of rotatable bonds is 6. The van der Waals surface area contributed by atoms with Crippen molar-refractivity contribution < 1.29 is 24.0 Å². The van der Waals surface area contributed by atoms with E-state index in [0.717, 1.165) is 6.07 Å². The van der Waals surface area contributed by atoms with Crippen molar-refractivity contribution in [3.63, 3.8) is 0 Å². The van der Waals surface area contributed by atoms with Gasteiger partial charge in [-0.1, -0.05) is 23.2 Å². The molecule has 1 aliphatic rings. The molecule has 11 heteroatoms. The van der Waals surface area contributed by atoms with Crippen molar-refractivity contribution in [2.45, 2.75) is 12.8 Å². The molecule has 1 aliphatic heterocycles. The first-order valence-electron chi connectivity index (χ1n) is 9.70. The topological polar surface area (TPSA) is 119 Å². The Bertz CT molecular complexity index is 1040. The van der Waals surface area contributed by atoms with Crippen LogP contribution in [0.4, 0.5) is 11.4 Å². The van der Waals surface area contributed by atoms with Gasteiger partial charge in [0, 0.05) is 34.8 Å². The maximum atomic E-state index is 12.5. The quantitative estimate of drug-likeness (QED) is 0.380. The minimum Gasteiger partial charge on any atom is -0.455 e. The Hall–Kier alpha value is -3.17. The molecule has 9 nitrogen and oxygen atoms in total. The number of nitro groups is 1. The normalized spacial score (nSPS) is 14.0. The molecule has 1 heterocycles. The van der Waals surface area contributed by atoms with E-state index in [0.29, 0.717) is 36.5 Å². The van der Waals surface area contributed by atoms with Crippen molar-refractivity contribution in [3.05, 3.63) is 68.2 Å². The monoisotopic (exact) mass is 479 g/mol. The molecule has 32 heavy (non-hydrogen) atoms. The number of carbonyl (C=O) groups excluding carboxylic acids is 3. The Morgan fingerprint density at radius 3 is 2.31 bits per heavy atom. The number of hydrogen-bond acceptors (Lipinski definition) is 6. The average Bonchev–Trinajstić information content (AvgIpc) is 2.78. The highest BCUT2D eigenvalue weighted by molar-refractivity contribution is 6.31. The van der Waals surface area contributed by atoms with Gasteiger partial charge in [-0.05, 0) is 49.2 Å². The Morgan fingerprint density at radius 1 is 1.06 bits per heavy atom. The molecule has 2 amide bonds. The maximum Gasteiger partial charge on any atom is 0.309 e. The van der Waals surface area contributed by atoms with E-state index < -0.39 is 29.3 Å². The number of halogens is 2. The van der Waals surface area contributed by atoms with Gasteiger partial charge in [0.25, 0.3) is 17.5 Å². The SMILES string of the molecule is O=C(COC(=O)C1CCN(C(=O)c2ccc(Cl)cc2)CC1)Nc1ccc(Cl)cc1[N+](=O)[O-]. The van der Waals surface area contributed by atoms with E-state index in [1.807, 2.05) is 0 Å². The van der Waals surface area contributed by atoms with Crippen molar-refractivity contribution >= 4 is 52.4 Å². The molecule has 2 aromatic rings. The number of amides is 2. The second-order valence-electron chi connectivity index (χ2n) is 7.15. The van der Waals surface area contributed by atoms with Crippen molar-refractivity contribution in [1.29, 1.82) is 0 Å². The highest BCUT2D eigenvalue weighted by Crippen LogP contribution is 2.27. The van der Waals surface area contributed by atoms with Gasteiger partial charge in [0.05, 0.1) is 10.8 Å². The van der Waals surface area contributed by atoms with Crippen molar-refractivity contribution in [1.82, 2.24) is 4.90 Å². The number of anilines is 1. The smallest absolute Gasteiger partial charge is 0.309 e. The summed E-state index contributed by atoms with van der Waals surface area (Å²) < 4.78 is 5.07. The van der Waals surface area contributed by atoms with Gasteiger partial charge in [0.1, 0.15) is 5.69 Å². The van der Waals surface area contributed by atoms with Crippen LogP contribution in [-0.4, -0.2) is 47.3 Å². The molecule has 1 N–H and O–H groups in total. The van der Waals surface area contributed by atoms with Gasteiger partial charge in [-0.15, -0.1) is 0 Å². The fraction of sp³-hybridized carbons (Fsp3) is 0.286. The zero-order valence-electron chi connectivity index (χ0n) is 16.8. The molecule has 0 spiro atoms. The first-order chi connectivity index (χ1) is 15.2. The summed E-state index contributed by atoms with van der Waals surface area (Å²) >= 11 is 11.6. The molecular formula is C21H19Cl2N3O6. The van der Waals surface area contributed by atoms with E-state index in [9.17, 15) is 24.5 Å². The second-order valence-corrected chi connectivity index (χ2v) is 8.02. The number of nitro benzene ring substituents is 1. The molecule has 168 valence electrons. The summed E-state index contributed by atoms with van der Waals surface area (Å²) in [6.45, 7) is 0.178. The minimum atomic E-state index is -0.709. The lowest BCUT2D eigenvalue weighted by atomic mass is 9.96. The minimum absolute atomic E-state index is 0.0468. The predicted molar refractivity (Wildman–Crippen MR) is 118 cm³/mol. The molecule has 1 saturated heterocycles. The summed E-state index contributed by atoms with van der Waals surface area (Å²) in [4.78, 5) is 49.0. The first kappa shape index (κ1) is 23.5. The van der Waals surface area contributed by atoms with Crippen LogP contribution in [0.15, 0.2) is 42.5 Å². The number of piperidine rings is 1. The summed E-state index contributed by atoms with van der Waals surface area (Å²) in [5.74, 6) is -1.84. The number of hydrogen-bond donors (Lipinski definition) is 1. The molecule has 0 bridgehead atoms. The maximum absolute atomic E-state index is 12.5. The van der Waals surface area contributed by atoms with Crippen LogP contribution in [0.25, 0.3) is 0 Å². The number of ether oxygens (including phenoxy) is 1. The second kappa shape index (κ2) is 10.4. The van der Waals surface area contributed by atoms with Crippen LogP contribution in [0.2, 0.25) is 10.0 Å². The highest BCUT2D eigenvalue weighted by Gasteiger charge is 2.29. The van der Waals surface area contributed by atoms with E-state index in [1.54, 1.807) is 29.2 Å². The molecule has 0 unspecified atom stereocenters. The van der Waals surface area contributed by atoms with Crippen LogP contribution in [0, 0.1) is 16.0 Å². The van der Waals surface area contributed by atoms with Gasteiger partial charge in [-0.2, -0.15) is 0 Å². The van der Waals surface area contributed by atoms with E-state index in [2.05, 4.69) is 5.32 Å². The fourth-order valence-corrected chi connectivity index (χ4v) is 3.59. The summed E-state index contributed by atoms with van der Waals surface area (Å²) in [5.41, 5.74) is 0.104. The number of esters is 1. The van der Waals surface area contributed by atoms with Gasteiger partial charge in [0.2, 0.25) is 0 Å². The third-order valence-electron chi connectivity index (χ3n) is 4.98. The molecule has 0 radical (unpaired) electrons. The lowest BCUT2D eigenvalue weighted by molar-refractivity contribution is -0.383. The average molecular weight is 480 g/mol. The molecule has 0 aliphatic carbocycles. The number of likely N-dealkylation sites (tertiary alicyclic amines) is 1. The Morgan fingerprint density at radius 2 is 1.69 bits per heavy atom. The summed E-state index contributed by atoms with van der Waals surface area (Å²) in [6.07, 6.45) is 0.810. The summed E-state index contributed by atoms with van der Waals surface area (Å²) in [5, 5.41) is 14.1. The van der Waals surface area contributed by atoms with Crippen LogP contribution in [0.1, 0.15) is 23.2 Å². The molecule has 0 atom stereocenters. The third kappa shape index (κ3) is 5.95. The summed E-state index contributed by atoms with van der Waals surface area (Å²) in [6, 6.07) is 10.4. The zero-order valence-corrected chi connectivity index (χ0v) is 18.3.